The van der Waals surface area contributed by atoms with Gasteiger partial charge >= 0.3 is 0 Å². The Balaban J connectivity index is 2.00. The summed E-state index contributed by atoms with van der Waals surface area (Å²) in [5.74, 6) is -2.02. The van der Waals surface area contributed by atoms with Crippen molar-refractivity contribution in [2.75, 3.05) is 0 Å². The number of benzene rings is 1. The summed E-state index contributed by atoms with van der Waals surface area (Å²) in [5.41, 5.74) is 6.69. The lowest BCUT2D eigenvalue weighted by Gasteiger charge is -2.37. The molecule has 7 nitrogen and oxygen atoms in total. The number of nitrogens with two attached hydrogens (primary N) is 1. The number of carbonyl (C=O) groups is 3. The lowest BCUT2D eigenvalue weighted by Crippen LogP contribution is -2.64. The molecule has 1 aromatic carbocycles. The third-order valence-electron chi connectivity index (χ3n) is 5.35. The monoisotopic (exact) mass is 388 g/mol. The molecule has 2 atom stereocenters. The van der Waals surface area contributed by atoms with Crippen molar-refractivity contribution in [3.8, 4) is 0 Å². The minimum absolute atomic E-state index is 0.195. The molecule has 1 aliphatic rings. The van der Waals surface area contributed by atoms with Gasteiger partial charge in [0, 0.05) is 29.9 Å². The Morgan fingerprint density at radius 1 is 1.29 bits per heavy atom. The fourth-order valence-electron chi connectivity index (χ4n) is 3.96. The Morgan fingerprint density at radius 2 is 2.00 bits per heavy atom. The fraction of sp³-hybridized carbons (Fsp3) is 0.450. The molecule has 0 saturated carbocycles. The maximum atomic E-state index is 13.8. The number of fused-ring (bicyclic) bond motifs is 3. The minimum atomic E-state index is -1.23. The van der Waals surface area contributed by atoms with Crippen molar-refractivity contribution in [2.45, 2.75) is 51.6 Å². The third kappa shape index (κ3) is 3.58. The molecular formula is C20H25FN4O3. The molecule has 150 valence electrons. The van der Waals surface area contributed by atoms with E-state index in [4.69, 9.17) is 5.73 Å². The number of nitrogens with one attached hydrogen (secondary N) is 3. The molecule has 0 spiro atoms. The molecule has 0 bridgehead atoms. The second-order valence-corrected chi connectivity index (χ2v) is 7.81. The number of hydrogen-bond acceptors (Lipinski definition) is 3. The average Bonchev–Trinajstić information content (AvgIpc) is 2.95. The Bertz CT molecular complexity index is 952. The van der Waals surface area contributed by atoms with Crippen molar-refractivity contribution in [3.63, 3.8) is 0 Å². The van der Waals surface area contributed by atoms with Crippen molar-refractivity contribution in [1.82, 2.24) is 15.6 Å². The van der Waals surface area contributed by atoms with Crippen LogP contribution in [0.3, 0.4) is 0 Å². The first kappa shape index (κ1) is 19.9. The Morgan fingerprint density at radius 3 is 2.61 bits per heavy atom. The zero-order valence-corrected chi connectivity index (χ0v) is 16.2. The summed E-state index contributed by atoms with van der Waals surface area (Å²) < 4.78 is 13.8. The molecule has 0 unspecified atom stereocenters. The summed E-state index contributed by atoms with van der Waals surface area (Å²) in [7, 11) is 0. The second kappa shape index (κ2) is 7.26. The first-order chi connectivity index (χ1) is 13.1. The van der Waals surface area contributed by atoms with Gasteiger partial charge in [-0.05, 0) is 42.5 Å². The van der Waals surface area contributed by atoms with Gasteiger partial charge < -0.3 is 21.4 Å². The highest BCUT2D eigenvalue weighted by atomic mass is 19.1. The molecule has 3 rings (SSSR count). The highest BCUT2D eigenvalue weighted by Gasteiger charge is 2.44. The summed E-state index contributed by atoms with van der Waals surface area (Å²) in [6.45, 7) is 4.90. The highest BCUT2D eigenvalue weighted by molar-refractivity contribution is 5.96. The lowest BCUT2D eigenvalue weighted by molar-refractivity contribution is -0.136. The molecule has 3 amide bonds. The fourth-order valence-corrected chi connectivity index (χ4v) is 3.96. The van der Waals surface area contributed by atoms with E-state index in [0.717, 1.165) is 16.8 Å². The van der Waals surface area contributed by atoms with Crippen molar-refractivity contribution < 1.29 is 18.8 Å². The number of aryl methyl sites for hydroxylation is 1. The van der Waals surface area contributed by atoms with E-state index in [1.165, 1.54) is 19.1 Å². The summed E-state index contributed by atoms with van der Waals surface area (Å²) in [4.78, 5) is 40.1. The van der Waals surface area contributed by atoms with Gasteiger partial charge in [-0.25, -0.2) is 4.39 Å². The van der Waals surface area contributed by atoms with Crippen LogP contribution in [0.1, 0.15) is 38.4 Å². The van der Waals surface area contributed by atoms with E-state index in [-0.39, 0.29) is 24.1 Å². The van der Waals surface area contributed by atoms with E-state index in [9.17, 15) is 18.8 Å². The van der Waals surface area contributed by atoms with E-state index in [1.807, 2.05) is 0 Å². The summed E-state index contributed by atoms with van der Waals surface area (Å²) in [6, 6.07) is 3.61. The van der Waals surface area contributed by atoms with Gasteiger partial charge in [-0.1, -0.05) is 13.8 Å². The van der Waals surface area contributed by atoms with Crippen LogP contribution in [-0.2, 0) is 27.2 Å². The molecule has 1 aromatic heterocycles. The number of aromatic amines is 1. The van der Waals surface area contributed by atoms with Crippen LogP contribution in [0.25, 0.3) is 10.9 Å². The van der Waals surface area contributed by atoms with Crippen molar-refractivity contribution in [1.29, 1.82) is 0 Å². The summed E-state index contributed by atoms with van der Waals surface area (Å²) >= 11 is 0. The molecule has 1 aliphatic carbocycles. The Labute approximate surface area is 162 Å². The van der Waals surface area contributed by atoms with Crippen molar-refractivity contribution >= 4 is 28.6 Å². The van der Waals surface area contributed by atoms with Crippen LogP contribution < -0.4 is 16.4 Å². The molecular weight excluding hydrogens is 363 g/mol. The predicted molar refractivity (Wildman–Crippen MR) is 103 cm³/mol. The van der Waals surface area contributed by atoms with Gasteiger partial charge in [-0.3, -0.25) is 14.4 Å². The number of aromatic nitrogens is 1. The smallest absolute Gasteiger partial charge is 0.246 e. The third-order valence-corrected chi connectivity index (χ3v) is 5.35. The number of primary amides is 1. The molecule has 1 heterocycles. The molecule has 2 aromatic rings. The SMILES string of the molecule is CC(=O)N[C@]1(C(=O)N[C@H](C(N)=O)C(C)C)CCc2[nH]c3ccc(F)cc3c2C1. The van der Waals surface area contributed by atoms with Gasteiger partial charge in [0.2, 0.25) is 17.7 Å². The van der Waals surface area contributed by atoms with E-state index >= 15 is 0 Å². The van der Waals surface area contributed by atoms with Crippen LogP contribution in [0.4, 0.5) is 4.39 Å². The molecule has 0 aliphatic heterocycles. The van der Waals surface area contributed by atoms with Crippen molar-refractivity contribution in [3.05, 3.63) is 35.3 Å². The molecule has 0 saturated heterocycles. The van der Waals surface area contributed by atoms with E-state index in [0.29, 0.717) is 18.2 Å². The predicted octanol–water partition coefficient (Wildman–Crippen LogP) is 1.30. The normalized spacial score (nSPS) is 19.9. The van der Waals surface area contributed by atoms with E-state index in [1.54, 1.807) is 19.9 Å². The summed E-state index contributed by atoms with van der Waals surface area (Å²) in [6.07, 6.45) is 1.05. The van der Waals surface area contributed by atoms with Gasteiger partial charge in [0.15, 0.2) is 0 Å². The number of carbonyl (C=O) groups excluding carboxylic acids is 3. The van der Waals surface area contributed by atoms with Crippen LogP contribution in [0.5, 0.6) is 0 Å². The molecule has 28 heavy (non-hydrogen) atoms. The molecule has 0 radical (unpaired) electrons. The van der Waals surface area contributed by atoms with Gasteiger partial charge in [0.25, 0.3) is 0 Å². The van der Waals surface area contributed by atoms with Gasteiger partial charge in [0.1, 0.15) is 17.4 Å². The van der Waals surface area contributed by atoms with E-state index in [2.05, 4.69) is 15.6 Å². The first-order valence-corrected chi connectivity index (χ1v) is 9.31. The Kier molecular flexibility index (Phi) is 5.14. The molecule has 8 heteroatoms. The second-order valence-electron chi connectivity index (χ2n) is 7.81. The van der Waals surface area contributed by atoms with E-state index < -0.39 is 23.4 Å². The highest BCUT2D eigenvalue weighted by Crippen LogP contribution is 2.34. The van der Waals surface area contributed by atoms with Gasteiger partial charge in [-0.2, -0.15) is 0 Å². The zero-order valence-electron chi connectivity index (χ0n) is 16.2. The Hall–Kier alpha value is -2.90. The van der Waals surface area contributed by atoms with Crippen LogP contribution in [0.2, 0.25) is 0 Å². The maximum absolute atomic E-state index is 13.8. The van der Waals surface area contributed by atoms with Gasteiger partial charge in [0.05, 0.1) is 0 Å². The summed E-state index contributed by atoms with van der Waals surface area (Å²) in [5, 5.41) is 6.17. The number of hydrogen-bond donors (Lipinski definition) is 4. The molecule has 5 N–H and O–H groups in total. The maximum Gasteiger partial charge on any atom is 0.246 e. The lowest BCUT2D eigenvalue weighted by atomic mass is 9.78. The number of rotatable bonds is 5. The zero-order chi connectivity index (χ0) is 20.6. The van der Waals surface area contributed by atoms with Crippen LogP contribution in [-0.4, -0.2) is 34.3 Å². The standard InChI is InChI=1S/C20H25FN4O3/c1-10(2)17(18(22)27)24-19(28)20(25-11(3)26)7-6-16-14(9-20)13-8-12(21)4-5-15(13)23-16/h4-5,8,10,17,23H,6-7,9H2,1-3H3,(H2,22,27)(H,24,28)(H,25,26)/t17-,20+/m0/s1. The number of halogens is 1. The van der Waals surface area contributed by atoms with Crippen LogP contribution >= 0.6 is 0 Å². The van der Waals surface area contributed by atoms with Crippen LogP contribution in [0, 0.1) is 11.7 Å². The largest absolute Gasteiger partial charge is 0.368 e. The average molecular weight is 388 g/mol. The van der Waals surface area contributed by atoms with Crippen LogP contribution in [0.15, 0.2) is 18.2 Å². The van der Waals surface area contributed by atoms with Crippen molar-refractivity contribution in [2.24, 2.45) is 11.7 Å². The first-order valence-electron chi connectivity index (χ1n) is 9.31. The van der Waals surface area contributed by atoms with Gasteiger partial charge in [-0.15, -0.1) is 0 Å². The minimum Gasteiger partial charge on any atom is -0.368 e. The number of H-pyrrole nitrogens is 1. The quantitative estimate of drug-likeness (QED) is 0.618. The number of amides is 3. The molecule has 0 fully saturated rings. The topological polar surface area (TPSA) is 117 Å².